The lowest BCUT2D eigenvalue weighted by Gasteiger charge is -2.44. The molecule has 0 spiro atoms. The highest BCUT2D eigenvalue weighted by atomic mass is 32.2. The first-order valence-corrected chi connectivity index (χ1v) is 24.4. The van der Waals surface area contributed by atoms with Crippen LogP contribution in [0.4, 0.5) is 0 Å². The molecule has 1 aromatic rings. The number of phosphoric acid groups is 1. The topological polar surface area (TPSA) is 319 Å². The Bertz CT molecular complexity index is 1790. The number of hydrogen-bond acceptors (Lipinski definition) is 21. The van der Waals surface area contributed by atoms with Crippen LogP contribution < -0.4 is 11.2 Å². The second-order valence-corrected chi connectivity index (χ2v) is 18.6. The predicted octanol–water partition coefficient (Wildman–Crippen LogP) is 0.945. The average molecular weight is 967 g/mol. The lowest BCUT2D eigenvalue weighted by atomic mass is 9.99. The summed E-state index contributed by atoms with van der Waals surface area (Å²) in [5.74, 6) is -3.53. The average Bonchev–Trinajstić information content (AvgIpc) is 3.47. The van der Waals surface area contributed by atoms with Gasteiger partial charge in [0.15, 0.2) is 24.5 Å². The quantitative estimate of drug-likeness (QED) is 0.0690. The molecule has 2 aliphatic heterocycles. The lowest BCUT2D eigenvalue weighted by molar-refractivity contribution is -0.237. The minimum absolute atomic E-state index is 0.376. The monoisotopic (exact) mass is 966 g/mol. The SMILES string of the molecule is CC(=O)OC[C@H]1O[C@@H](SCP(=O)(O)OP(=O)(O)OC[C@H]2O[C@@H](n3ccc(=O)[nH]c3=O)[C@H](O)[C@@H]2O)[C@H](OC(C)=O)[C@@H](OC(C)=O)[C@@H]1OC(C)=O.CCN(CC)CC.CCN(CC)CC. The molecule has 63 heavy (non-hydrogen) atoms. The van der Waals surface area contributed by atoms with Crippen molar-refractivity contribution in [2.75, 3.05) is 58.0 Å². The largest absolute Gasteiger partial charge is 0.479 e. The second-order valence-electron chi connectivity index (χ2n) is 13.6. The zero-order valence-corrected chi connectivity index (χ0v) is 39.8. The van der Waals surface area contributed by atoms with Crippen molar-refractivity contribution in [3.05, 3.63) is 33.1 Å². The zero-order chi connectivity index (χ0) is 48.2. The molecule has 0 saturated carbocycles. The fourth-order valence-corrected chi connectivity index (χ4v) is 10.3. The molecule has 24 nitrogen and oxygen atoms in total. The summed E-state index contributed by atoms with van der Waals surface area (Å²) < 4.78 is 67.2. The number of rotatable bonds is 20. The molecule has 0 aliphatic carbocycles. The summed E-state index contributed by atoms with van der Waals surface area (Å²) in [4.78, 5) is 97.9. The molecule has 27 heteroatoms. The summed E-state index contributed by atoms with van der Waals surface area (Å²) in [5.41, 5.74) is -4.35. The molecule has 5 N–H and O–H groups in total. The number of aliphatic hydroxyl groups excluding tert-OH is 2. The Balaban J connectivity index is 0.00000121. The maximum Gasteiger partial charge on any atom is 0.479 e. The van der Waals surface area contributed by atoms with Crippen LogP contribution in [-0.4, -0.2) is 169 Å². The second kappa shape index (κ2) is 28.1. The number of aromatic amines is 1. The predicted molar refractivity (Wildman–Crippen MR) is 225 cm³/mol. The highest BCUT2D eigenvalue weighted by Crippen LogP contribution is 2.61. The van der Waals surface area contributed by atoms with Crippen LogP contribution in [0.5, 0.6) is 0 Å². The van der Waals surface area contributed by atoms with E-state index in [1.165, 1.54) is 39.3 Å². The fourth-order valence-electron chi connectivity index (χ4n) is 5.93. The number of carbonyl (C=O) groups is 4. The van der Waals surface area contributed by atoms with E-state index in [-0.39, 0.29) is 0 Å². The van der Waals surface area contributed by atoms with Crippen LogP contribution in [0.25, 0.3) is 0 Å². The van der Waals surface area contributed by atoms with Gasteiger partial charge in [0.25, 0.3) is 5.56 Å². The Labute approximate surface area is 369 Å². The fraction of sp³-hybridized carbons (Fsp3) is 0.778. The molecule has 0 aromatic carbocycles. The first kappa shape index (κ1) is 58.0. The summed E-state index contributed by atoms with van der Waals surface area (Å²) in [7, 11) is -10.6. The van der Waals surface area contributed by atoms with Crippen LogP contribution in [0.3, 0.4) is 0 Å². The number of ether oxygens (including phenoxy) is 6. The van der Waals surface area contributed by atoms with E-state index in [4.69, 9.17) is 32.9 Å². The van der Waals surface area contributed by atoms with Crippen LogP contribution in [0.2, 0.25) is 0 Å². The number of aromatic nitrogens is 2. The summed E-state index contributed by atoms with van der Waals surface area (Å²) in [6.45, 7) is 22.7. The first-order valence-electron chi connectivity index (χ1n) is 20.1. The molecule has 2 unspecified atom stereocenters. The van der Waals surface area contributed by atoms with Crippen molar-refractivity contribution < 1.29 is 85.6 Å². The van der Waals surface area contributed by atoms with E-state index in [1.54, 1.807) is 0 Å². The molecule has 3 heterocycles. The lowest BCUT2D eigenvalue weighted by Crippen LogP contribution is -2.61. The van der Waals surface area contributed by atoms with E-state index in [0.717, 1.165) is 44.5 Å². The summed E-state index contributed by atoms with van der Waals surface area (Å²) in [6, 6.07) is 0.932. The van der Waals surface area contributed by atoms with Crippen LogP contribution in [0.1, 0.15) is 75.5 Å². The number of hydrogen-bond donors (Lipinski definition) is 5. The number of esters is 4. The van der Waals surface area contributed by atoms with E-state index in [2.05, 4.69) is 55.7 Å². The van der Waals surface area contributed by atoms with Gasteiger partial charge >= 0.3 is 45.0 Å². The Morgan fingerprint density at radius 3 is 1.67 bits per heavy atom. The summed E-state index contributed by atoms with van der Waals surface area (Å²) in [6.07, 6.45) is -11.8. The van der Waals surface area contributed by atoms with E-state index < -0.39 is 124 Å². The smallest absolute Gasteiger partial charge is 0.463 e. The molecule has 3 rings (SSSR count). The number of H-pyrrole nitrogens is 1. The Morgan fingerprint density at radius 1 is 0.730 bits per heavy atom. The normalized spacial score (nSPS) is 26.2. The number of nitrogens with one attached hydrogen (secondary N) is 1. The molecule has 0 radical (unpaired) electrons. The zero-order valence-electron chi connectivity index (χ0n) is 37.2. The molecular formula is C36H64N4O20P2S. The number of thioether (sulfide) groups is 1. The molecule has 0 bridgehead atoms. The maximum atomic E-state index is 12.9. The van der Waals surface area contributed by atoms with Gasteiger partial charge in [0, 0.05) is 40.0 Å². The van der Waals surface area contributed by atoms with Crippen molar-refractivity contribution in [2.24, 2.45) is 0 Å². The van der Waals surface area contributed by atoms with Gasteiger partial charge in [0.05, 0.1) is 12.1 Å². The summed E-state index contributed by atoms with van der Waals surface area (Å²) in [5, 5.41) is 20.6. The first-order chi connectivity index (χ1) is 29.4. The third-order valence-corrected chi connectivity index (χ3v) is 14.1. The van der Waals surface area contributed by atoms with Crippen molar-refractivity contribution in [3.8, 4) is 0 Å². The molecule has 0 amide bonds. The highest BCUT2D eigenvalue weighted by Gasteiger charge is 2.53. The van der Waals surface area contributed by atoms with Crippen molar-refractivity contribution >= 4 is 51.1 Å². The molecule has 364 valence electrons. The van der Waals surface area contributed by atoms with Gasteiger partial charge in [-0.05, 0) is 39.3 Å². The van der Waals surface area contributed by atoms with Crippen LogP contribution >= 0.6 is 27.2 Å². The molecule has 2 aliphatic rings. The summed E-state index contributed by atoms with van der Waals surface area (Å²) >= 11 is 0.376. The molecule has 1 aromatic heterocycles. The van der Waals surface area contributed by atoms with Gasteiger partial charge in [-0.3, -0.25) is 42.6 Å². The van der Waals surface area contributed by atoms with Gasteiger partial charge in [0.2, 0.25) is 0 Å². The minimum Gasteiger partial charge on any atom is -0.463 e. The number of carbonyl (C=O) groups excluding carboxylic acids is 4. The Morgan fingerprint density at radius 2 is 1.22 bits per heavy atom. The van der Waals surface area contributed by atoms with Gasteiger partial charge in [0.1, 0.15) is 36.5 Å². The minimum atomic E-state index is -5.44. The Hall–Kier alpha value is -3.03. The number of aliphatic hydroxyl groups is 2. The van der Waals surface area contributed by atoms with E-state index in [9.17, 15) is 57.9 Å². The van der Waals surface area contributed by atoms with Crippen molar-refractivity contribution in [3.63, 3.8) is 0 Å². The standard InChI is InChI=1S/C24H34N2O20P2S.2C6H15N/c1-10(27)39-7-15-19(41-11(2)28)20(42-12(3)29)21(43-13(4)30)23(45-15)49-9-47(35,36)46-48(37,38)40-8-14-17(32)18(33)22(44-14)26-6-5-16(31)25-24(26)34;2*1-4-7(5-2)6-3/h5-6,14-15,17-23,32-33H,7-9H2,1-4H3,(H,35,36)(H,37,38)(H,25,31,34);2*4-6H2,1-3H3/t14-,15-,17-,18-,19-,20+,21-,22-,23+;;/m1../s1. The number of nitrogens with zero attached hydrogens (tertiary/aromatic N) is 3. The maximum absolute atomic E-state index is 12.9. The third-order valence-electron chi connectivity index (χ3n) is 9.13. The molecule has 2 fully saturated rings. The Kier molecular flexibility index (Phi) is 25.9. The van der Waals surface area contributed by atoms with Gasteiger partial charge < -0.3 is 58.2 Å². The van der Waals surface area contributed by atoms with E-state index in [1.807, 2.05) is 4.98 Å². The van der Waals surface area contributed by atoms with Gasteiger partial charge in [-0.2, -0.15) is 0 Å². The number of phosphoric ester groups is 1. The highest BCUT2D eigenvalue weighted by molar-refractivity contribution is 8.05. The van der Waals surface area contributed by atoms with Gasteiger partial charge in [-0.25, -0.2) is 13.7 Å². The van der Waals surface area contributed by atoms with Crippen molar-refractivity contribution in [1.29, 1.82) is 0 Å². The van der Waals surface area contributed by atoms with Crippen LogP contribution in [0.15, 0.2) is 21.9 Å². The molecule has 2 saturated heterocycles. The van der Waals surface area contributed by atoms with Crippen molar-refractivity contribution in [1.82, 2.24) is 19.4 Å². The van der Waals surface area contributed by atoms with E-state index in [0.29, 0.717) is 11.8 Å². The van der Waals surface area contributed by atoms with Crippen LogP contribution in [-0.2, 0) is 65.6 Å². The molecule has 11 atom stereocenters. The van der Waals surface area contributed by atoms with E-state index >= 15 is 0 Å². The molecular weight excluding hydrogens is 902 g/mol. The van der Waals surface area contributed by atoms with Gasteiger partial charge in [-0.15, -0.1) is 11.8 Å². The van der Waals surface area contributed by atoms with Crippen LogP contribution in [0, 0.1) is 0 Å². The third kappa shape index (κ3) is 20.4. The van der Waals surface area contributed by atoms with Crippen molar-refractivity contribution in [2.45, 2.75) is 124 Å². The van der Waals surface area contributed by atoms with Gasteiger partial charge in [-0.1, -0.05) is 41.5 Å².